The van der Waals surface area contributed by atoms with Crippen molar-refractivity contribution in [2.45, 2.75) is 18.9 Å². The molecule has 2 aliphatic rings. The highest BCUT2D eigenvalue weighted by Crippen LogP contribution is 2.11. The molecule has 1 N–H and O–H groups in total. The Bertz CT molecular complexity index is 187. The fraction of sp³-hybridized carbons (Fsp3) is 1.00. The average molecular weight is 243 g/mol. The van der Waals surface area contributed by atoms with E-state index in [1.54, 1.807) is 0 Å². The van der Waals surface area contributed by atoms with Crippen LogP contribution in [0.5, 0.6) is 0 Å². The van der Waals surface area contributed by atoms with Crippen molar-refractivity contribution >= 4 is 11.8 Å². The van der Waals surface area contributed by atoms with Crippen molar-refractivity contribution in [1.29, 1.82) is 0 Å². The Morgan fingerprint density at radius 1 is 1.00 bits per heavy atom. The number of thioether (sulfide) groups is 1. The van der Waals surface area contributed by atoms with Crippen LogP contribution in [0.4, 0.5) is 0 Å². The largest absolute Gasteiger partial charge is 0.317 e. The maximum Gasteiger partial charge on any atom is 0.0110 e. The molecule has 2 rings (SSSR count). The first-order valence-electron chi connectivity index (χ1n) is 6.58. The molecule has 94 valence electrons. The first-order chi connectivity index (χ1) is 7.88. The molecule has 2 saturated heterocycles. The monoisotopic (exact) mass is 243 g/mol. The highest BCUT2D eigenvalue weighted by molar-refractivity contribution is 7.99. The molecule has 2 fully saturated rings. The van der Waals surface area contributed by atoms with Gasteiger partial charge in [0.25, 0.3) is 0 Å². The molecule has 2 aliphatic heterocycles. The second-order valence-corrected chi connectivity index (χ2v) is 6.08. The Kier molecular flexibility index (Phi) is 5.42. The second-order valence-electron chi connectivity index (χ2n) is 4.86. The number of nitrogens with one attached hydrogen (secondary N) is 1. The molecule has 0 atom stereocenters. The first-order valence-corrected chi connectivity index (χ1v) is 7.73. The Morgan fingerprint density at radius 2 is 1.56 bits per heavy atom. The van der Waals surface area contributed by atoms with Crippen LogP contribution in [0.3, 0.4) is 0 Å². The van der Waals surface area contributed by atoms with Crippen LogP contribution in [-0.4, -0.2) is 73.7 Å². The maximum absolute atomic E-state index is 3.39. The summed E-state index contributed by atoms with van der Waals surface area (Å²) in [5.41, 5.74) is 0. The van der Waals surface area contributed by atoms with E-state index in [0.717, 1.165) is 6.04 Å². The zero-order valence-corrected chi connectivity index (χ0v) is 11.3. The van der Waals surface area contributed by atoms with Gasteiger partial charge in [0.05, 0.1) is 0 Å². The molecule has 0 aromatic heterocycles. The Labute approximate surface area is 104 Å². The van der Waals surface area contributed by atoms with Crippen LogP contribution >= 0.6 is 11.8 Å². The maximum atomic E-state index is 3.39. The number of hydrogen-bond acceptors (Lipinski definition) is 4. The normalized spacial score (nSPS) is 26.1. The highest BCUT2D eigenvalue weighted by Gasteiger charge is 2.18. The van der Waals surface area contributed by atoms with Crippen LogP contribution in [-0.2, 0) is 0 Å². The minimum Gasteiger partial charge on any atom is -0.317 e. The van der Waals surface area contributed by atoms with Crippen molar-refractivity contribution in [1.82, 2.24) is 15.1 Å². The molecular weight excluding hydrogens is 218 g/mol. The molecule has 0 bridgehead atoms. The minimum atomic E-state index is 0.766. The summed E-state index contributed by atoms with van der Waals surface area (Å²) in [6, 6.07) is 0.766. The molecule has 0 aliphatic carbocycles. The topological polar surface area (TPSA) is 18.5 Å². The molecule has 16 heavy (non-hydrogen) atoms. The molecule has 0 unspecified atom stereocenters. The van der Waals surface area contributed by atoms with Crippen molar-refractivity contribution in [3.05, 3.63) is 0 Å². The van der Waals surface area contributed by atoms with Gasteiger partial charge in [0, 0.05) is 43.7 Å². The zero-order valence-electron chi connectivity index (χ0n) is 10.5. The summed E-state index contributed by atoms with van der Waals surface area (Å²) in [7, 11) is 2.09. The van der Waals surface area contributed by atoms with Crippen molar-refractivity contribution in [2.24, 2.45) is 0 Å². The summed E-state index contributed by atoms with van der Waals surface area (Å²) < 4.78 is 0. The molecule has 4 heteroatoms. The van der Waals surface area contributed by atoms with E-state index in [4.69, 9.17) is 0 Å². The third-order valence-corrected chi connectivity index (χ3v) is 4.77. The summed E-state index contributed by atoms with van der Waals surface area (Å²) >= 11 is 2.10. The van der Waals surface area contributed by atoms with Crippen LogP contribution < -0.4 is 5.32 Å². The van der Waals surface area contributed by atoms with E-state index in [1.807, 2.05) is 0 Å². The SMILES string of the molecule is CNC1CCN(CCN2CCSCC2)CC1. The molecular formula is C12H25N3S. The number of nitrogens with zero attached hydrogens (tertiary/aromatic N) is 2. The average Bonchev–Trinajstić information content (AvgIpc) is 2.38. The number of piperidine rings is 1. The van der Waals surface area contributed by atoms with Gasteiger partial charge in [0.1, 0.15) is 0 Å². The smallest absolute Gasteiger partial charge is 0.0110 e. The van der Waals surface area contributed by atoms with E-state index in [0.29, 0.717) is 0 Å². The molecule has 0 radical (unpaired) electrons. The summed E-state index contributed by atoms with van der Waals surface area (Å²) in [6.45, 7) is 7.74. The molecule has 3 nitrogen and oxygen atoms in total. The molecule has 0 amide bonds. The van der Waals surface area contributed by atoms with E-state index in [2.05, 4.69) is 33.9 Å². The lowest BCUT2D eigenvalue weighted by atomic mass is 10.1. The van der Waals surface area contributed by atoms with E-state index in [1.165, 1.54) is 63.6 Å². The van der Waals surface area contributed by atoms with Crippen LogP contribution in [0.15, 0.2) is 0 Å². The summed E-state index contributed by atoms with van der Waals surface area (Å²) in [4.78, 5) is 5.26. The lowest BCUT2D eigenvalue weighted by molar-refractivity contribution is 0.172. The van der Waals surface area contributed by atoms with E-state index in [-0.39, 0.29) is 0 Å². The van der Waals surface area contributed by atoms with Gasteiger partial charge in [-0.3, -0.25) is 0 Å². The fourth-order valence-electron chi connectivity index (χ4n) is 2.55. The first kappa shape index (κ1) is 12.7. The quantitative estimate of drug-likeness (QED) is 0.784. The molecule has 0 spiro atoms. The van der Waals surface area contributed by atoms with Gasteiger partial charge in [0.2, 0.25) is 0 Å². The van der Waals surface area contributed by atoms with Crippen LogP contribution in [0.25, 0.3) is 0 Å². The number of likely N-dealkylation sites (tertiary alicyclic amines) is 1. The predicted molar refractivity (Wildman–Crippen MR) is 72.3 cm³/mol. The van der Waals surface area contributed by atoms with Gasteiger partial charge >= 0.3 is 0 Å². The Balaban J connectivity index is 1.59. The molecule has 0 aromatic rings. The highest BCUT2D eigenvalue weighted by atomic mass is 32.2. The molecule has 0 saturated carbocycles. The van der Waals surface area contributed by atoms with Gasteiger partial charge in [-0.15, -0.1) is 0 Å². The van der Waals surface area contributed by atoms with E-state index in [9.17, 15) is 0 Å². The predicted octanol–water partition coefficient (Wildman–Crippen LogP) is 0.719. The summed E-state index contributed by atoms with van der Waals surface area (Å²) in [6.07, 6.45) is 2.65. The lowest BCUT2D eigenvalue weighted by Gasteiger charge is -2.34. The standard InChI is InChI=1S/C12H25N3S/c1-13-12-2-4-14(5-3-12)6-7-15-8-10-16-11-9-15/h12-13H,2-11H2,1H3. The van der Waals surface area contributed by atoms with E-state index >= 15 is 0 Å². The van der Waals surface area contributed by atoms with Crippen molar-refractivity contribution in [2.75, 3.05) is 57.8 Å². The third-order valence-electron chi connectivity index (χ3n) is 3.83. The Morgan fingerprint density at radius 3 is 2.12 bits per heavy atom. The number of hydrogen-bond donors (Lipinski definition) is 1. The van der Waals surface area contributed by atoms with Crippen molar-refractivity contribution in [3.63, 3.8) is 0 Å². The Hall–Kier alpha value is 0.230. The summed E-state index contributed by atoms with van der Waals surface area (Å²) in [5, 5.41) is 3.39. The molecule has 0 aromatic carbocycles. The second kappa shape index (κ2) is 6.84. The zero-order chi connectivity index (χ0) is 11.2. The van der Waals surface area contributed by atoms with Crippen LogP contribution in [0.1, 0.15) is 12.8 Å². The van der Waals surface area contributed by atoms with E-state index < -0.39 is 0 Å². The third kappa shape index (κ3) is 3.91. The lowest BCUT2D eigenvalue weighted by Crippen LogP contribution is -2.45. The van der Waals surface area contributed by atoms with Gasteiger partial charge in [-0.05, 0) is 33.0 Å². The van der Waals surface area contributed by atoms with Gasteiger partial charge < -0.3 is 15.1 Å². The van der Waals surface area contributed by atoms with Gasteiger partial charge in [-0.25, -0.2) is 0 Å². The van der Waals surface area contributed by atoms with Crippen LogP contribution in [0.2, 0.25) is 0 Å². The van der Waals surface area contributed by atoms with Crippen molar-refractivity contribution in [3.8, 4) is 0 Å². The van der Waals surface area contributed by atoms with Crippen LogP contribution in [0, 0.1) is 0 Å². The van der Waals surface area contributed by atoms with Gasteiger partial charge in [0.15, 0.2) is 0 Å². The van der Waals surface area contributed by atoms with Gasteiger partial charge in [-0.2, -0.15) is 11.8 Å². The summed E-state index contributed by atoms with van der Waals surface area (Å²) in [5.74, 6) is 2.67. The number of rotatable bonds is 4. The van der Waals surface area contributed by atoms with Gasteiger partial charge in [-0.1, -0.05) is 0 Å². The minimum absolute atomic E-state index is 0.766. The molecule has 2 heterocycles. The van der Waals surface area contributed by atoms with Crippen molar-refractivity contribution < 1.29 is 0 Å². The fourth-order valence-corrected chi connectivity index (χ4v) is 3.53.